The third-order valence-electron chi connectivity index (χ3n) is 2.89. The maximum atomic E-state index is 12.2. The number of amides is 1. The summed E-state index contributed by atoms with van der Waals surface area (Å²) in [6.45, 7) is 7.46. The van der Waals surface area contributed by atoms with Crippen LogP contribution in [0.3, 0.4) is 0 Å². The van der Waals surface area contributed by atoms with E-state index in [4.69, 9.17) is 0 Å². The van der Waals surface area contributed by atoms with Crippen LogP contribution in [0.5, 0.6) is 5.75 Å². The highest BCUT2D eigenvalue weighted by atomic mass is 16.3. The van der Waals surface area contributed by atoms with Crippen LogP contribution < -0.4 is 0 Å². The summed E-state index contributed by atoms with van der Waals surface area (Å²) in [5.41, 5.74) is 0.137. The van der Waals surface area contributed by atoms with Crippen molar-refractivity contribution in [3.05, 3.63) is 24.0 Å². The fraction of sp³-hybridized carbons (Fsp3) is 0.538. The van der Waals surface area contributed by atoms with Gasteiger partial charge in [0.15, 0.2) is 5.69 Å². The van der Waals surface area contributed by atoms with Gasteiger partial charge in [-0.3, -0.25) is 4.79 Å². The van der Waals surface area contributed by atoms with Crippen molar-refractivity contribution >= 4 is 5.91 Å². The Morgan fingerprint density at radius 1 is 1.53 bits per heavy atom. The number of aromatic nitrogens is 1. The summed E-state index contributed by atoms with van der Waals surface area (Å²) in [6.07, 6.45) is 2.54. The van der Waals surface area contributed by atoms with Crippen molar-refractivity contribution in [2.24, 2.45) is 5.92 Å². The maximum absolute atomic E-state index is 12.2. The van der Waals surface area contributed by atoms with Crippen molar-refractivity contribution in [1.82, 2.24) is 9.88 Å². The molecule has 0 spiro atoms. The van der Waals surface area contributed by atoms with Crippen LogP contribution in [0, 0.1) is 5.92 Å². The molecule has 1 atom stereocenters. The highest BCUT2D eigenvalue weighted by Crippen LogP contribution is 2.16. The van der Waals surface area contributed by atoms with Crippen molar-refractivity contribution in [2.75, 3.05) is 13.1 Å². The zero-order valence-corrected chi connectivity index (χ0v) is 10.7. The van der Waals surface area contributed by atoms with E-state index >= 15 is 0 Å². The monoisotopic (exact) mass is 236 g/mol. The third-order valence-corrected chi connectivity index (χ3v) is 2.89. The van der Waals surface area contributed by atoms with Gasteiger partial charge in [0.05, 0.1) is 0 Å². The maximum Gasteiger partial charge on any atom is 0.276 e. The number of pyridine rings is 1. The van der Waals surface area contributed by atoms with Gasteiger partial charge in [-0.05, 0) is 25.0 Å². The Bertz CT molecular complexity index is 379. The zero-order chi connectivity index (χ0) is 12.8. The van der Waals surface area contributed by atoms with Crippen LogP contribution >= 0.6 is 0 Å². The molecule has 0 aromatic carbocycles. The molecule has 1 amide bonds. The molecule has 0 saturated heterocycles. The van der Waals surface area contributed by atoms with Gasteiger partial charge in [-0.1, -0.05) is 20.3 Å². The Balaban J connectivity index is 2.83. The van der Waals surface area contributed by atoms with Crippen molar-refractivity contribution in [2.45, 2.75) is 27.2 Å². The fourth-order valence-electron chi connectivity index (χ4n) is 1.57. The van der Waals surface area contributed by atoms with Gasteiger partial charge >= 0.3 is 0 Å². The molecule has 0 saturated carbocycles. The molecule has 4 heteroatoms. The van der Waals surface area contributed by atoms with Gasteiger partial charge in [0.2, 0.25) is 0 Å². The number of carbonyl (C=O) groups excluding carboxylic acids is 1. The number of carbonyl (C=O) groups is 1. The molecule has 0 aliphatic carbocycles. The van der Waals surface area contributed by atoms with E-state index in [9.17, 15) is 9.90 Å². The van der Waals surface area contributed by atoms with E-state index in [-0.39, 0.29) is 17.4 Å². The van der Waals surface area contributed by atoms with Crippen molar-refractivity contribution in [3.63, 3.8) is 0 Å². The molecule has 0 bridgehead atoms. The fourth-order valence-corrected chi connectivity index (χ4v) is 1.57. The molecule has 1 aromatic heterocycles. The Hall–Kier alpha value is -1.58. The number of hydrogen-bond donors (Lipinski definition) is 1. The van der Waals surface area contributed by atoms with E-state index in [2.05, 4.69) is 18.8 Å². The second-order valence-electron chi connectivity index (χ2n) is 4.23. The van der Waals surface area contributed by atoms with Gasteiger partial charge in [0.25, 0.3) is 5.91 Å². The molecular formula is C13H20N2O2. The smallest absolute Gasteiger partial charge is 0.276 e. The number of aromatic hydroxyl groups is 1. The van der Waals surface area contributed by atoms with Gasteiger partial charge in [-0.25, -0.2) is 4.98 Å². The van der Waals surface area contributed by atoms with Crippen LogP contribution in [-0.2, 0) is 0 Å². The van der Waals surface area contributed by atoms with E-state index in [0.717, 1.165) is 6.42 Å². The molecule has 0 fully saturated rings. The summed E-state index contributed by atoms with van der Waals surface area (Å²) in [5.74, 6) is 0.191. The minimum atomic E-state index is -0.203. The van der Waals surface area contributed by atoms with E-state index < -0.39 is 0 Å². The van der Waals surface area contributed by atoms with E-state index in [1.807, 2.05) is 6.92 Å². The van der Waals surface area contributed by atoms with Gasteiger partial charge in [-0.15, -0.1) is 0 Å². The summed E-state index contributed by atoms with van der Waals surface area (Å²) in [7, 11) is 0. The molecule has 1 N–H and O–H groups in total. The first-order valence-electron chi connectivity index (χ1n) is 6.03. The van der Waals surface area contributed by atoms with Crippen LogP contribution in [0.1, 0.15) is 37.7 Å². The summed E-state index contributed by atoms with van der Waals surface area (Å²) >= 11 is 0. The predicted octanol–water partition coefficient (Wildman–Crippen LogP) is 2.30. The summed E-state index contributed by atoms with van der Waals surface area (Å²) in [4.78, 5) is 17.8. The normalized spacial score (nSPS) is 12.2. The first kappa shape index (κ1) is 13.5. The second kappa shape index (κ2) is 6.23. The minimum Gasteiger partial charge on any atom is -0.505 e. The van der Waals surface area contributed by atoms with E-state index in [0.29, 0.717) is 19.0 Å². The molecule has 17 heavy (non-hydrogen) atoms. The number of hydrogen-bond acceptors (Lipinski definition) is 3. The van der Waals surface area contributed by atoms with Crippen LogP contribution in [-0.4, -0.2) is 34.0 Å². The second-order valence-corrected chi connectivity index (χ2v) is 4.23. The van der Waals surface area contributed by atoms with Gasteiger partial charge in [0, 0.05) is 19.3 Å². The largest absolute Gasteiger partial charge is 0.505 e. The van der Waals surface area contributed by atoms with Crippen LogP contribution in [0.25, 0.3) is 0 Å². The molecule has 0 radical (unpaired) electrons. The van der Waals surface area contributed by atoms with Crippen molar-refractivity contribution in [3.8, 4) is 5.75 Å². The molecule has 1 unspecified atom stereocenters. The SMILES string of the molecule is CCC(C)CN(CC)C(=O)c1ncccc1O. The topological polar surface area (TPSA) is 53.4 Å². The highest BCUT2D eigenvalue weighted by molar-refractivity contribution is 5.94. The predicted molar refractivity (Wildman–Crippen MR) is 66.9 cm³/mol. The Kier molecular flexibility index (Phi) is 4.94. The van der Waals surface area contributed by atoms with Gasteiger partial charge in [0.1, 0.15) is 5.75 Å². The lowest BCUT2D eigenvalue weighted by Gasteiger charge is -2.23. The molecule has 0 aliphatic heterocycles. The Morgan fingerprint density at radius 3 is 2.76 bits per heavy atom. The lowest BCUT2D eigenvalue weighted by molar-refractivity contribution is 0.0731. The summed E-state index contributed by atoms with van der Waals surface area (Å²) in [6, 6.07) is 3.09. The first-order valence-corrected chi connectivity index (χ1v) is 6.03. The zero-order valence-electron chi connectivity index (χ0n) is 10.7. The average molecular weight is 236 g/mol. The molecule has 0 aliphatic rings. The summed E-state index contributed by atoms with van der Waals surface area (Å²) < 4.78 is 0. The molecule has 1 aromatic rings. The van der Waals surface area contributed by atoms with Crippen LogP contribution in [0.2, 0.25) is 0 Å². The van der Waals surface area contributed by atoms with Crippen LogP contribution in [0.4, 0.5) is 0 Å². The average Bonchev–Trinajstić information content (AvgIpc) is 2.35. The number of nitrogens with zero attached hydrogens (tertiary/aromatic N) is 2. The molecule has 1 rings (SSSR count). The lowest BCUT2D eigenvalue weighted by atomic mass is 10.1. The Labute approximate surface area is 102 Å². The third kappa shape index (κ3) is 3.44. The quantitative estimate of drug-likeness (QED) is 0.853. The summed E-state index contributed by atoms with van der Waals surface area (Å²) in [5, 5.41) is 9.61. The minimum absolute atomic E-state index is 0.0555. The lowest BCUT2D eigenvalue weighted by Crippen LogP contribution is -2.35. The van der Waals surface area contributed by atoms with Crippen LogP contribution in [0.15, 0.2) is 18.3 Å². The first-order chi connectivity index (χ1) is 8.10. The standard InChI is InChI=1S/C13H20N2O2/c1-4-10(3)9-15(5-2)13(17)12-11(16)7-6-8-14-12/h6-8,10,16H,4-5,9H2,1-3H3. The van der Waals surface area contributed by atoms with Crippen molar-refractivity contribution < 1.29 is 9.90 Å². The number of rotatable bonds is 5. The van der Waals surface area contributed by atoms with Gasteiger partial charge < -0.3 is 10.0 Å². The van der Waals surface area contributed by atoms with Crippen molar-refractivity contribution in [1.29, 1.82) is 0 Å². The Morgan fingerprint density at radius 2 is 2.24 bits per heavy atom. The van der Waals surface area contributed by atoms with E-state index in [1.165, 1.54) is 12.3 Å². The van der Waals surface area contributed by atoms with E-state index in [1.54, 1.807) is 11.0 Å². The molecule has 4 nitrogen and oxygen atoms in total. The molecule has 1 heterocycles. The highest BCUT2D eigenvalue weighted by Gasteiger charge is 2.19. The van der Waals surface area contributed by atoms with Gasteiger partial charge in [-0.2, -0.15) is 0 Å². The molecule has 94 valence electrons. The molecular weight excluding hydrogens is 216 g/mol.